The van der Waals surface area contributed by atoms with Crippen LogP contribution in [0.25, 0.3) is 10.9 Å². The number of fused-ring (bicyclic) bond motifs is 1. The first kappa shape index (κ1) is 13.5. The van der Waals surface area contributed by atoms with Gasteiger partial charge in [-0.2, -0.15) is 0 Å². The summed E-state index contributed by atoms with van der Waals surface area (Å²) in [4.78, 5) is 4.33. The number of hydrogen-bond acceptors (Lipinski definition) is 3. The van der Waals surface area contributed by atoms with E-state index < -0.39 is 0 Å². The normalized spacial score (nSPS) is 19.3. The molecule has 2 heterocycles. The van der Waals surface area contributed by atoms with Gasteiger partial charge >= 0.3 is 0 Å². The SMILES string of the molecule is c1cnc2ccc(COCCC3CCCNC3)cc2c1. The number of hydrogen-bond donors (Lipinski definition) is 1. The van der Waals surface area contributed by atoms with Crippen molar-refractivity contribution in [3.63, 3.8) is 0 Å². The van der Waals surface area contributed by atoms with Crippen LogP contribution in [0.15, 0.2) is 36.5 Å². The Morgan fingerprint density at radius 3 is 3.20 bits per heavy atom. The van der Waals surface area contributed by atoms with Gasteiger partial charge in [0.25, 0.3) is 0 Å². The fourth-order valence-electron chi connectivity index (χ4n) is 2.83. The lowest BCUT2D eigenvalue weighted by Gasteiger charge is -2.22. The average molecular weight is 270 g/mol. The number of aromatic nitrogens is 1. The van der Waals surface area contributed by atoms with Gasteiger partial charge in [-0.05, 0) is 62.0 Å². The van der Waals surface area contributed by atoms with Crippen LogP contribution in [0.4, 0.5) is 0 Å². The molecule has 0 bridgehead atoms. The molecule has 1 atom stereocenters. The van der Waals surface area contributed by atoms with E-state index in [0.29, 0.717) is 6.61 Å². The topological polar surface area (TPSA) is 34.1 Å². The minimum absolute atomic E-state index is 0.699. The average Bonchev–Trinajstić information content (AvgIpc) is 2.52. The Hall–Kier alpha value is -1.45. The fourth-order valence-corrected chi connectivity index (χ4v) is 2.83. The summed E-state index contributed by atoms with van der Waals surface area (Å²) in [6.45, 7) is 3.90. The molecule has 3 heteroatoms. The Kier molecular flexibility index (Phi) is 4.61. The Morgan fingerprint density at radius 2 is 2.30 bits per heavy atom. The molecule has 0 aliphatic carbocycles. The summed E-state index contributed by atoms with van der Waals surface area (Å²) in [6, 6.07) is 10.4. The molecule has 1 N–H and O–H groups in total. The van der Waals surface area contributed by atoms with Gasteiger partial charge in [-0.3, -0.25) is 4.98 Å². The predicted octanol–water partition coefficient (Wildman–Crippen LogP) is 3.14. The maximum atomic E-state index is 5.82. The molecule has 1 aliphatic heterocycles. The molecule has 1 aliphatic rings. The first-order chi connectivity index (χ1) is 9.92. The van der Waals surface area contributed by atoms with Crippen molar-refractivity contribution in [1.29, 1.82) is 0 Å². The Morgan fingerprint density at radius 1 is 1.30 bits per heavy atom. The molecule has 20 heavy (non-hydrogen) atoms. The lowest BCUT2D eigenvalue weighted by molar-refractivity contribution is 0.103. The van der Waals surface area contributed by atoms with Crippen molar-refractivity contribution >= 4 is 10.9 Å². The second kappa shape index (κ2) is 6.82. The van der Waals surface area contributed by atoms with Crippen molar-refractivity contribution in [3.05, 3.63) is 42.1 Å². The van der Waals surface area contributed by atoms with Crippen LogP contribution in [-0.4, -0.2) is 24.7 Å². The zero-order valence-electron chi connectivity index (χ0n) is 11.8. The van der Waals surface area contributed by atoms with Gasteiger partial charge in [0.05, 0.1) is 12.1 Å². The minimum Gasteiger partial charge on any atom is -0.377 e. The van der Waals surface area contributed by atoms with Crippen molar-refractivity contribution < 1.29 is 4.74 Å². The van der Waals surface area contributed by atoms with Gasteiger partial charge in [0.1, 0.15) is 0 Å². The van der Waals surface area contributed by atoms with Crippen molar-refractivity contribution in [1.82, 2.24) is 10.3 Å². The van der Waals surface area contributed by atoms with Gasteiger partial charge in [-0.25, -0.2) is 0 Å². The van der Waals surface area contributed by atoms with E-state index in [2.05, 4.69) is 34.6 Å². The summed E-state index contributed by atoms with van der Waals surface area (Å²) in [6.07, 6.45) is 5.65. The highest BCUT2D eigenvalue weighted by atomic mass is 16.5. The maximum Gasteiger partial charge on any atom is 0.0717 e. The molecule has 1 aromatic carbocycles. The highest BCUT2D eigenvalue weighted by Crippen LogP contribution is 2.16. The van der Waals surface area contributed by atoms with E-state index in [4.69, 9.17) is 4.74 Å². The van der Waals surface area contributed by atoms with E-state index in [1.165, 1.54) is 36.8 Å². The fraction of sp³-hybridized carbons (Fsp3) is 0.471. The molecular formula is C17H22N2O. The lowest BCUT2D eigenvalue weighted by atomic mass is 9.97. The number of pyridine rings is 1. The van der Waals surface area contributed by atoms with E-state index in [9.17, 15) is 0 Å². The van der Waals surface area contributed by atoms with Crippen molar-refractivity contribution in [2.75, 3.05) is 19.7 Å². The largest absolute Gasteiger partial charge is 0.377 e. The Balaban J connectivity index is 1.47. The summed E-state index contributed by atoms with van der Waals surface area (Å²) in [5.41, 5.74) is 2.27. The molecule has 0 radical (unpaired) electrons. The summed E-state index contributed by atoms with van der Waals surface area (Å²) >= 11 is 0. The third-order valence-corrected chi connectivity index (χ3v) is 4.01. The second-order valence-electron chi connectivity index (χ2n) is 5.58. The minimum atomic E-state index is 0.699. The summed E-state index contributed by atoms with van der Waals surface area (Å²) < 4.78 is 5.82. The van der Waals surface area contributed by atoms with E-state index in [-0.39, 0.29) is 0 Å². The van der Waals surface area contributed by atoms with Crippen LogP contribution in [0.2, 0.25) is 0 Å². The molecule has 1 unspecified atom stereocenters. The second-order valence-corrected chi connectivity index (χ2v) is 5.58. The Labute approximate surface area is 120 Å². The lowest BCUT2D eigenvalue weighted by Crippen LogP contribution is -2.30. The van der Waals surface area contributed by atoms with E-state index in [1.54, 1.807) is 0 Å². The Bertz CT molecular complexity index is 549. The van der Waals surface area contributed by atoms with Crippen molar-refractivity contribution in [2.24, 2.45) is 5.92 Å². The first-order valence-electron chi connectivity index (χ1n) is 7.54. The van der Waals surface area contributed by atoms with Crippen LogP contribution in [0.1, 0.15) is 24.8 Å². The van der Waals surface area contributed by atoms with Gasteiger partial charge in [-0.15, -0.1) is 0 Å². The van der Waals surface area contributed by atoms with Crippen LogP contribution in [0.5, 0.6) is 0 Å². The number of nitrogens with zero attached hydrogens (tertiary/aromatic N) is 1. The van der Waals surface area contributed by atoms with E-state index in [0.717, 1.165) is 24.6 Å². The summed E-state index contributed by atoms with van der Waals surface area (Å²) in [7, 11) is 0. The molecule has 1 fully saturated rings. The van der Waals surface area contributed by atoms with Crippen LogP contribution in [0.3, 0.4) is 0 Å². The summed E-state index contributed by atoms with van der Waals surface area (Å²) in [5.74, 6) is 0.796. The molecule has 2 aromatic rings. The van der Waals surface area contributed by atoms with E-state index >= 15 is 0 Å². The van der Waals surface area contributed by atoms with E-state index in [1.807, 2.05) is 12.3 Å². The standard InChI is InChI=1S/C17H22N2O/c1-3-14(12-18-8-1)7-10-20-13-15-5-6-17-16(11-15)4-2-9-19-17/h2,4-6,9,11,14,18H,1,3,7-8,10,12-13H2. The summed E-state index contributed by atoms with van der Waals surface area (Å²) in [5, 5.41) is 4.64. The van der Waals surface area contributed by atoms with Gasteiger partial charge in [-0.1, -0.05) is 12.1 Å². The predicted molar refractivity (Wildman–Crippen MR) is 81.6 cm³/mol. The number of piperidine rings is 1. The van der Waals surface area contributed by atoms with Crippen LogP contribution >= 0.6 is 0 Å². The highest BCUT2D eigenvalue weighted by Gasteiger charge is 2.12. The van der Waals surface area contributed by atoms with Crippen LogP contribution < -0.4 is 5.32 Å². The van der Waals surface area contributed by atoms with Crippen LogP contribution in [-0.2, 0) is 11.3 Å². The van der Waals surface area contributed by atoms with Gasteiger partial charge in [0, 0.05) is 18.2 Å². The molecule has 106 valence electrons. The molecular weight excluding hydrogens is 248 g/mol. The number of ether oxygens (including phenoxy) is 1. The molecule has 0 saturated carbocycles. The van der Waals surface area contributed by atoms with Crippen molar-refractivity contribution in [3.8, 4) is 0 Å². The number of benzene rings is 1. The third kappa shape index (κ3) is 3.56. The van der Waals surface area contributed by atoms with Gasteiger partial charge < -0.3 is 10.1 Å². The molecule has 0 amide bonds. The maximum absolute atomic E-state index is 5.82. The molecule has 1 saturated heterocycles. The van der Waals surface area contributed by atoms with Gasteiger partial charge in [0.15, 0.2) is 0 Å². The molecule has 0 spiro atoms. The van der Waals surface area contributed by atoms with Crippen LogP contribution in [0, 0.1) is 5.92 Å². The quantitative estimate of drug-likeness (QED) is 0.848. The number of rotatable bonds is 5. The molecule has 1 aromatic heterocycles. The molecule has 3 rings (SSSR count). The van der Waals surface area contributed by atoms with Gasteiger partial charge in [0.2, 0.25) is 0 Å². The zero-order chi connectivity index (χ0) is 13.6. The first-order valence-corrected chi connectivity index (χ1v) is 7.54. The highest BCUT2D eigenvalue weighted by molar-refractivity contribution is 5.78. The number of nitrogens with one attached hydrogen (secondary N) is 1. The monoisotopic (exact) mass is 270 g/mol. The van der Waals surface area contributed by atoms with Crippen molar-refractivity contribution in [2.45, 2.75) is 25.9 Å². The zero-order valence-corrected chi connectivity index (χ0v) is 11.8. The third-order valence-electron chi connectivity index (χ3n) is 4.01. The smallest absolute Gasteiger partial charge is 0.0717 e. The molecule has 3 nitrogen and oxygen atoms in total.